The second-order valence-electron chi connectivity index (χ2n) is 3.87. The first-order valence-corrected chi connectivity index (χ1v) is 6.31. The van der Waals surface area contributed by atoms with Crippen molar-refractivity contribution in [1.82, 2.24) is 0 Å². The lowest BCUT2D eigenvalue weighted by Gasteiger charge is -2.10. The van der Waals surface area contributed by atoms with E-state index in [1.807, 2.05) is 32.9 Å². The summed E-state index contributed by atoms with van der Waals surface area (Å²) in [7, 11) is 0. The maximum atomic E-state index is 12.7. The third-order valence-electron chi connectivity index (χ3n) is 2.69. The van der Waals surface area contributed by atoms with E-state index in [1.54, 1.807) is 0 Å². The van der Waals surface area contributed by atoms with Gasteiger partial charge in [-0.3, -0.25) is 4.79 Å². The van der Waals surface area contributed by atoms with Crippen LogP contribution in [-0.4, -0.2) is 5.78 Å². The van der Waals surface area contributed by atoms with Gasteiger partial charge in [-0.15, -0.1) is 0 Å². The Hall–Kier alpha value is -0.830. The molecule has 0 aromatic heterocycles. The Morgan fingerprint density at radius 3 is 2.56 bits per heavy atom. The van der Waals surface area contributed by atoms with Gasteiger partial charge < -0.3 is 0 Å². The van der Waals surface area contributed by atoms with Gasteiger partial charge in [0.25, 0.3) is 0 Å². The van der Waals surface area contributed by atoms with Crippen LogP contribution in [0.5, 0.6) is 0 Å². The molecule has 0 saturated heterocycles. The first-order chi connectivity index (χ1) is 7.63. The molecule has 0 aliphatic heterocycles. The van der Waals surface area contributed by atoms with Crippen LogP contribution in [-0.2, 0) is 6.42 Å². The van der Waals surface area contributed by atoms with Gasteiger partial charge in [0.15, 0.2) is 5.78 Å². The van der Waals surface area contributed by atoms with Crippen molar-refractivity contribution >= 4 is 17.9 Å². The highest BCUT2D eigenvalue weighted by Crippen LogP contribution is 2.28. The smallest absolute Gasteiger partial charge is 0.163 e. The highest BCUT2D eigenvalue weighted by atomic mass is 32.2. The summed E-state index contributed by atoms with van der Waals surface area (Å²) in [6.07, 6.45) is 2.18. The van der Waals surface area contributed by atoms with E-state index in [0.29, 0.717) is 16.9 Å². The van der Waals surface area contributed by atoms with Crippen molar-refractivity contribution in [2.24, 2.45) is 0 Å². The quantitative estimate of drug-likeness (QED) is 0.704. The third kappa shape index (κ3) is 2.85. The van der Waals surface area contributed by atoms with Crippen molar-refractivity contribution in [1.29, 1.82) is 0 Å². The molecule has 1 aromatic carbocycles. The molecular weight excluding hydrogens is 223 g/mol. The number of carbonyl (C=O) groups excluding carboxylic acids is 1. The number of rotatable bonds is 5. The molecule has 0 radical (unpaired) electrons. The van der Waals surface area contributed by atoms with Crippen LogP contribution < -0.4 is 0 Å². The van der Waals surface area contributed by atoms with Gasteiger partial charge in [0, 0.05) is 16.9 Å². The summed E-state index contributed by atoms with van der Waals surface area (Å²) in [6.45, 7) is 5.79. The van der Waals surface area contributed by atoms with Crippen LogP contribution in [0.2, 0.25) is 0 Å². The standard InChI is InChI=1S/C13H17FOS/c1-4-6-12(15)11-7-10(5-2)8-13(16-14)9(11)3/h7-8H,4-6H2,1-3H3. The van der Waals surface area contributed by atoms with Crippen LogP contribution in [0.4, 0.5) is 3.89 Å². The maximum absolute atomic E-state index is 12.7. The fourth-order valence-corrected chi connectivity index (χ4v) is 2.10. The molecule has 1 rings (SSSR count). The molecule has 16 heavy (non-hydrogen) atoms. The Balaban J connectivity index is 3.20. The van der Waals surface area contributed by atoms with E-state index in [0.717, 1.165) is 24.0 Å². The van der Waals surface area contributed by atoms with Gasteiger partial charge in [-0.25, -0.2) is 0 Å². The summed E-state index contributed by atoms with van der Waals surface area (Å²) in [5.74, 6) is 0.116. The molecule has 0 saturated carbocycles. The number of ketones is 1. The highest BCUT2D eigenvalue weighted by Gasteiger charge is 2.13. The van der Waals surface area contributed by atoms with Crippen molar-refractivity contribution in [3.8, 4) is 0 Å². The van der Waals surface area contributed by atoms with E-state index >= 15 is 0 Å². The molecule has 88 valence electrons. The predicted octanol–water partition coefficient (Wildman–Crippen LogP) is 4.52. The number of benzene rings is 1. The Kier molecular flexibility index (Phi) is 5.00. The summed E-state index contributed by atoms with van der Waals surface area (Å²) >= 11 is 0.222. The van der Waals surface area contributed by atoms with E-state index in [-0.39, 0.29) is 17.9 Å². The first kappa shape index (κ1) is 13.2. The van der Waals surface area contributed by atoms with Crippen molar-refractivity contribution < 1.29 is 8.68 Å². The van der Waals surface area contributed by atoms with Crippen molar-refractivity contribution in [3.05, 3.63) is 28.8 Å². The predicted molar refractivity (Wildman–Crippen MR) is 66.8 cm³/mol. The molecule has 0 aliphatic rings. The Labute approximate surface area is 101 Å². The minimum absolute atomic E-state index is 0.116. The number of hydrogen-bond donors (Lipinski definition) is 0. The number of hydrogen-bond acceptors (Lipinski definition) is 2. The van der Waals surface area contributed by atoms with Crippen LogP contribution in [0, 0.1) is 6.92 Å². The Bertz CT molecular complexity index is 388. The van der Waals surface area contributed by atoms with Crippen molar-refractivity contribution in [3.63, 3.8) is 0 Å². The Morgan fingerprint density at radius 2 is 2.06 bits per heavy atom. The molecule has 0 amide bonds. The summed E-state index contributed by atoms with van der Waals surface area (Å²) in [6, 6.07) is 3.72. The van der Waals surface area contributed by atoms with Crippen molar-refractivity contribution in [2.75, 3.05) is 0 Å². The monoisotopic (exact) mass is 240 g/mol. The molecule has 3 heteroatoms. The van der Waals surface area contributed by atoms with E-state index in [9.17, 15) is 8.68 Å². The van der Waals surface area contributed by atoms with Gasteiger partial charge in [0.2, 0.25) is 0 Å². The minimum Gasteiger partial charge on any atom is -0.294 e. The third-order valence-corrected chi connectivity index (χ3v) is 3.28. The van der Waals surface area contributed by atoms with Crippen LogP contribution in [0.25, 0.3) is 0 Å². The van der Waals surface area contributed by atoms with Gasteiger partial charge in [-0.1, -0.05) is 13.8 Å². The topological polar surface area (TPSA) is 17.1 Å². The molecule has 1 aromatic rings. The van der Waals surface area contributed by atoms with Gasteiger partial charge in [-0.2, -0.15) is 3.89 Å². The summed E-state index contributed by atoms with van der Waals surface area (Å²) < 4.78 is 12.7. The molecule has 0 N–H and O–H groups in total. The number of halogens is 1. The van der Waals surface area contributed by atoms with Gasteiger partial charge in [0.1, 0.15) is 0 Å². The number of Topliss-reactive ketones (excluding diaryl/α,β-unsaturated/α-hetero) is 1. The summed E-state index contributed by atoms with van der Waals surface area (Å²) in [5.41, 5.74) is 2.47. The zero-order valence-corrected chi connectivity index (χ0v) is 10.8. The largest absolute Gasteiger partial charge is 0.294 e. The fourth-order valence-electron chi connectivity index (χ4n) is 1.68. The molecule has 0 atom stereocenters. The van der Waals surface area contributed by atoms with E-state index in [1.165, 1.54) is 0 Å². The van der Waals surface area contributed by atoms with Crippen LogP contribution in [0.3, 0.4) is 0 Å². The summed E-state index contributed by atoms with van der Waals surface area (Å²) in [5, 5.41) is 0. The molecule has 0 aliphatic carbocycles. The van der Waals surface area contributed by atoms with Crippen LogP contribution >= 0.6 is 12.1 Å². The molecular formula is C13H17FOS. The second-order valence-corrected chi connectivity index (χ2v) is 4.46. The van der Waals surface area contributed by atoms with Crippen LogP contribution in [0.1, 0.15) is 48.2 Å². The van der Waals surface area contributed by atoms with E-state index < -0.39 is 0 Å². The maximum Gasteiger partial charge on any atom is 0.163 e. The van der Waals surface area contributed by atoms with Gasteiger partial charge >= 0.3 is 0 Å². The molecule has 0 fully saturated rings. The van der Waals surface area contributed by atoms with Gasteiger partial charge in [0.05, 0.1) is 12.1 Å². The summed E-state index contributed by atoms with van der Waals surface area (Å²) in [4.78, 5) is 12.4. The Morgan fingerprint density at radius 1 is 1.38 bits per heavy atom. The normalized spacial score (nSPS) is 10.5. The SMILES string of the molecule is CCCC(=O)c1cc(CC)cc(SF)c1C. The minimum atomic E-state index is 0.116. The first-order valence-electron chi connectivity index (χ1n) is 5.59. The lowest BCUT2D eigenvalue weighted by Crippen LogP contribution is -2.03. The second kappa shape index (κ2) is 6.04. The molecule has 1 nitrogen and oxygen atoms in total. The average Bonchev–Trinajstić information content (AvgIpc) is 2.29. The lowest BCUT2D eigenvalue weighted by atomic mass is 9.98. The zero-order chi connectivity index (χ0) is 12.1. The number of carbonyl (C=O) groups is 1. The van der Waals surface area contributed by atoms with Gasteiger partial charge in [-0.05, 0) is 43.0 Å². The van der Waals surface area contributed by atoms with Crippen LogP contribution in [0.15, 0.2) is 17.0 Å². The average molecular weight is 240 g/mol. The molecule has 0 bridgehead atoms. The zero-order valence-electron chi connectivity index (χ0n) is 9.97. The number of aryl methyl sites for hydroxylation is 1. The molecule has 0 unspecified atom stereocenters. The highest BCUT2D eigenvalue weighted by molar-refractivity contribution is 7.94. The van der Waals surface area contributed by atoms with E-state index in [4.69, 9.17) is 0 Å². The lowest BCUT2D eigenvalue weighted by molar-refractivity contribution is 0.0981. The molecule has 0 heterocycles. The van der Waals surface area contributed by atoms with Crippen molar-refractivity contribution in [2.45, 2.75) is 44.9 Å². The fraction of sp³-hybridized carbons (Fsp3) is 0.462. The molecule has 0 spiro atoms. The van der Waals surface area contributed by atoms with E-state index in [2.05, 4.69) is 0 Å².